The van der Waals surface area contributed by atoms with Gasteiger partial charge in [0, 0.05) is 3.57 Å². The second-order valence-corrected chi connectivity index (χ2v) is 7.05. The van der Waals surface area contributed by atoms with E-state index < -0.39 is 17.8 Å². The Hall–Kier alpha value is -1.90. The number of carbonyl (C=O) groups excluding carboxylic acids is 3. The second-order valence-electron chi connectivity index (χ2n) is 5.08. The van der Waals surface area contributed by atoms with Gasteiger partial charge in [0.2, 0.25) is 0 Å². The summed E-state index contributed by atoms with van der Waals surface area (Å²) in [5.41, 5.74) is 0.776. The fourth-order valence-corrected chi connectivity index (χ4v) is 3.10. The Morgan fingerprint density at radius 2 is 1.72 bits per heavy atom. The number of carbonyl (C=O) groups is 3. The number of amides is 4. The number of nitrogens with zero attached hydrogens (tertiary/aromatic N) is 1. The molecule has 0 saturated carbocycles. The van der Waals surface area contributed by atoms with Gasteiger partial charge in [0.1, 0.15) is 5.57 Å². The summed E-state index contributed by atoms with van der Waals surface area (Å²) in [6.07, 6.45) is 1.45. The summed E-state index contributed by atoms with van der Waals surface area (Å²) in [5.74, 6) is -1.47. The molecule has 25 heavy (non-hydrogen) atoms. The third kappa shape index (κ3) is 3.56. The number of urea groups is 1. The summed E-state index contributed by atoms with van der Waals surface area (Å²) in [6.45, 7) is 0. The Balaban J connectivity index is 2.05. The van der Waals surface area contributed by atoms with Crippen LogP contribution in [0.3, 0.4) is 0 Å². The van der Waals surface area contributed by atoms with Gasteiger partial charge in [-0.05, 0) is 58.5 Å². The first kappa shape index (κ1) is 17.9. The Bertz CT molecular complexity index is 943. The highest BCUT2D eigenvalue weighted by Crippen LogP contribution is 2.29. The summed E-state index contributed by atoms with van der Waals surface area (Å²) >= 11 is 13.9. The Morgan fingerprint density at radius 3 is 2.40 bits per heavy atom. The molecule has 0 radical (unpaired) electrons. The molecule has 0 aromatic heterocycles. The van der Waals surface area contributed by atoms with Crippen LogP contribution in [-0.2, 0) is 9.59 Å². The van der Waals surface area contributed by atoms with Gasteiger partial charge in [0.25, 0.3) is 11.8 Å². The van der Waals surface area contributed by atoms with Gasteiger partial charge in [-0.25, -0.2) is 9.69 Å². The van der Waals surface area contributed by atoms with E-state index in [2.05, 4.69) is 27.9 Å². The zero-order valence-corrected chi connectivity index (χ0v) is 16.1. The average molecular weight is 487 g/mol. The summed E-state index contributed by atoms with van der Waals surface area (Å²) in [4.78, 5) is 37.9. The summed E-state index contributed by atoms with van der Waals surface area (Å²) < 4.78 is 0.867. The zero-order chi connectivity index (χ0) is 18.1. The van der Waals surface area contributed by atoms with Crippen LogP contribution in [0.2, 0.25) is 10.0 Å². The summed E-state index contributed by atoms with van der Waals surface area (Å²) in [6, 6.07) is 10.8. The number of rotatable bonds is 2. The van der Waals surface area contributed by atoms with Crippen LogP contribution in [0.5, 0.6) is 0 Å². The number of imide groups is 2. The van der Waals surface area contributed by atoms with E-state index in [1.165, 1.54) is 24.3 Å². The first-order valence-electron chi connectivity index (χ1n) is 6.99. The van der Waals surface area contributed by atoms with Gasteiger partial charge in [0.15, 0.2) is 0 Å². The highest BCUT2D eigenvalue weighted by atomic mass is 127. The third-order valence-corrected chi connectivity index (χ3v) is 5.19. The minimum absolute atomic E-state index is 0.144. The monoisotopic (exact) mass is 486 g/mol. The predicted molar refractivity (Wildman–Crippen MR) is 105 cm³/mol. The predicted octanol–water partition coefficient (Wildman–Crippen LogP) is 4.26. The standard InChI is InChI=1S/C17H9Cl2IN2O3/c18-12-6-5-10(8-13(12)19)22-16(24)11(15(23)21-17(22)25)7-9-3-1-2-4-14(9)20/h1-8H,(H,21,23,25)/b11-7+. The zero-order valence-electron chi connectivity index (χ0n) is 12.4. The minimum Gasteiger partial charge on any atom is -0.273 e. The topological polar surface area (TPSA) is 66.5 Å². The van der Waals surface area contributed by atoms with Crippen molar-refractivity contribution in [1.29, 1.82) is 0 Å². The maximum Gasteiger partial charge on any atom is 0.335 e. The largest absolute Gasteiger partial charge is 0.335 e. The molecule has 1 N–H and O–H groups in total. The van der Waals surface area contributed by atoms with Crippen molar-refractivity contribution in [2.24, 2.45) is 0 Å². The number of halogens is 3. The van der Waals surface area contributed by atoms with Crippen LogP contribution in [0.4, 0.5) is 10.5 Å². The third-order valence-electron chi connectivity index (χ3n) is 3.47. The van der Waals surface area contributed by atoms with Crippen LogP contribution < -0.4 is 10.2 Å². The van der Waals surface area contributed by atoms with Crippen LogP contribution >= 0.6 is 45.8 Å². The number of benzene rings is 2. The van der Waals surface area contributed by atoms with Gasteiger partial charge < -0.3 is 0 Å². The Morgan fingerprint density at radius 1 is 1.00 bits per heavy atom. The SMILES string of the molecule is O=C1NC(=O)N(c2ccc(Cl)c(Cl)c2)C(=O)/C1=C/c1ccccc1I. The molecule has 0 aliphatic carbocycles. The van der Waals surface area contributed by atoms with Crippen LogP contribution in [-0.4, -0.2) is 17.8 Å². The van der Waals surface area contributed by atoms with Crippen molar-refractivity contribution in [2.45, 2.75) is 0 Å². The number of barbiturate groups is 1. The molecular formula is C17H9Cl2IN2O3. The normalized spacial score (nSPS) is 16.4. The average Bonchev–Trinajstić information content (AvgIpc) is 2.56. The van der Waals surface area contributed by atoms with Gasteiger partial charge in [-0.2, -0.15) is 0 Å². The highest BCUT2D eigenvalue weighted by Gasteiger charge is 2.37. The molecule has 2 aromatic rings. The van der Waals surface area contributed by atoms with Gasteiger partial charge in [-0.15, -0.1) is 0 Å². The van der Waals surface area contributed by atoms with Gasteiger partial charge in [0.05, 0.1) is 15.7 Å². The van der Waals surface area contributed by atoms with E-state index in [-0.39, 0.29) is 16.3 Å². The molecule has 3 rings (SSSR count). The molecule has 1 aliphatic rings. The number of hydrogen-bond donors (Lipinski definition) is 1. The molecule has 0 spiro atoms. The maximum atomic E-state index is 12.8. The van der Waals surface area contributed by atoms with Crippen molar-refractivity contribution in [3.05, 3.63) is 67.2 Å². The van der Waals surface area contributed by atoms with Crippen LogP contribution in [0.1, 0.15) is 5.56 Å². The van der Waals surface area contributed by atoms with E-state index >= 15 is 0 Å². The lowest BCUT2D eigenvalue weighted by molar-refractivity contribution is -0.122. The quantitative estimate of drug-likeness (QED) is 0.391. The second kappa shape index (κ2) is 7.15. The van der Waals surface area contributed by atoms with E-state index in [1.807, 2.05) is 12.1 Å². The van der Waals surface area contributed by atoms with E-state index in [0.717, 1.165) is 8.47 Å². The van der Waals surface area contributed by atoms with Crippen molar-refractivity contribution < 1.29 is 14.4 Å². The van der Waals surface area contributed by atoms with E-state index in [1.54, 1.807) is 12.1 Å². The van der Waals surface area contributed by atoms with Gasteiger partial charge in [-0.1, -0.05) is 41.4 Å². The van der Waals surface area contributed by atoms with Crippen molar-refractivity contribution in [1.82, 2.24) is 5.32 Å². The molecule has 0 atom stereocenters. The molecule has 5 nitrogen and oxygen atoms in total. The van der Waals surface area contributed by atoms with Crippen LogP contribution in [0.15, 0.2) is 48.0 Å². The molecule has 0 bridgehead atoms. The molecule has 126 valence electrons. The fraction of sp³-hybridized carbons (Fsp3) is 0. The van der Waals surface area contributed by atoms with Gasteiger partial charge in [-0.3, -0.25) is 14.9 Å². The number of anilines is 1. The van der Waals surface area contributed by atoms with E-state index in [9.17, 15) is 14.4 Å². The van der Waals surface area contributed by atoms with Crippen molar-refractivity contribution in [3.63, 3.8) is 0 Å². The van der Waals surface area contributed by atoms with E-state index in [0.29, 0.717) is 10.6 Å². The maximum absolute atomic E-state index is 12.8. The summed E-state index contributed by atoms with van der Waals surface area (Å²) in [5, 5.41) is 2.65. The lowest BCUT2D eigenvalue weighted by atomic mass is 10.1. The molecule has 8 heteroatoms. The fourth-order valence-electron chi connectivity index (χ4n) is 2.26. The minimum atomic E-state index is -0.840. The molecular weight excluding hydrogens is 478 g/mol. The lowest BCUT2D eigenvalue weighted by Gasteiger charge is -2.26. The lowest BCUT2D eigenvalue weighted by Crippen LogP contribution is -2.54. The molecule has 2 aromatic carbocycles. The Kier molecular flexibility index (Phi) is 5.12. The summed E-state index contributed by atoms with van der Waals surface area (Å²) in [7, 11) is 0. The molecule has 1 fully saturated rings. The molecule has 1 aliphatic heterocycles. The molecule has 4 amide bonds. The van der Waals surface area contributed by atoms with E-state index in [4.69, 9.17) is 23.2 Å². The number of nitrogens with one attached hydrogen (secondary N) is 1. The molecule has 0 unspecified atom stereocenters. The molecule has 1 saturated heterocycles. The van der Waals surface area contributed by atoms with Crippen molar-refractivity contribution in [2.75, 3.05) is 4.90 Å². The smallest absolute Gasteiger partial charge is 0.273 e. The van der Waals surface area contributed by atoms with Crippen LogP contribution in [0.25, 0.3) is 6.08 Å². The van der Waals surface area contributed by atoms with Crippen molar-refractivity contribution in [3.8, 4) is 0 Å². The van der Waals surface area contributed by atoms with Gasteiger partial charge >= 0.3 is 6.03 Å². The van der Waals surface area contributed by atoms with Crippen LogP contribution in [0, 0.1) is 3.57 Å². The highest BCUT2D eigenvalue weighted by molar-refractivity contribution is 14.1. The first-order valence-corrected chi connectivity index (χ1v) is 8.83. The number of hydrogen-bond acceptors (Lipinski definition) is 3. The first-order chi connectivity index (χ1) is 11.9. The van der Waals surface area contributed by atoms with Crippen molar-refractivity contribution >= 4 is 75.4 Å². The molecule has 1 heterocycles. The Labute approximate surface area is 166 Å².